The van der Waals surface area contributed by atoms with Gasteiger partial charge in [0.2, 0.25) is 5.91 Å². The Labute approximate surface area is 130 Å². The molecule has 0 aliphatic heterocycles. The molecule has 0 saturated heterocycles. The number of halogens is 2. The van der Waals surface area contributed by atoms with Gasteiger partial charge in [-0.2, -0.15) is 0 Å². The summed E-state index contributed by atoms with van der Waals surface area (Å²) in [7, 11) is 1.25. The minimum atomic E-state index is -1.06. The molecule has 0 bridgehead atoms. The molecule has 0 aliphatic rings. The largest absolute Gasteiger partial charge is 0.465 e. The Morgan fingerprint density at radius 3 is 2.61 bits per heavy atom. The first-order chi connectivity index (χ1) is 10.9. The van der Waals surface area contributed by atoms with Crippen LogP contribution in [0.3, 0.4) is 0 Å². The fourth-order valence-electron chi connectivity index (χ4n) is 1.82. The van der Waals surface area contributed by atoms with Crippen LogP contribution in [0.1, 0.15) is 21.9 Å². The number of rotatable bonds is 4. The molecule has 2 aromatic rings. The summed E-state index contributed by atoms with van der Waals surface area (Å²) >= 11 is 0. The van der Waals surface area contributed by atoms with Crippen LogP contribution in [0.2, 0.25) is 0 Å². The highest BCUT2D eigenvalue weighted by molar-refractivity contribution is 6.02. The Bertz CT molecular complexity index is 780. The lowest BCUT2D eigenvalue weighted by molar-refractivity contribution is -0.111. The van der Waals surface area contributed by atoms with Crippen LogP contribution in [0, 0.1) is 18.6 Å². The number of benzene rings is 1. The molecule has 2 rings (SSSR count). The predicted molar refractivity (Wildman–Crippen MR) is 78.8 cm³/mol. The summed E-state index contributed by atoms with van der Waals surface area (Å²) in [5, 5.41) is 2.37. The summed E-state index contributed by atoms with van der Waals surface area (Å²) in [6.07, 6.45) is 2.48. The van der Waals surface area contributed by atoms with Gasteiger partial charge in [-0.05, 0) is 31.2 Å². The van der Waals surface area contributed by atoms with Crippen molar-refractivity contribution in [3.8, 4) is 0 Å². The minimum Gasteiger partial charge on any atom is -0.465 e. The van der Waals surface area contributed by atoms with Crippen LogP contribution in [0.25, 0.3) is 6.08 Å². The van der Waals surface area contributed by atoms with E-state index >= 15 is 0 Å². The van der Waals surface area contributed by atoms with Gasteiger partial charge in [0.05, 0.1) is 7.11 Å². The number of amides is 1. The lowest BCUT2D eigenvalue weighted by Gasteiger charge is -2.02. The number of esters is 1. The van der Waals surface area contributed by atoms with Crippen LogP contribution < -0.4 is 5.32 Å². The summed E-state index contributed by atoms with van der Waals surface area (Å²) in [5.41, 5.74) is 0.373. The van der Waals surface area contributed by atoms with Crippen molar-refractivity contribution in [3.05, 3.63) is 59.1 Å². The average Bonchev–Trinajstić information content (AvgIpc) is 2.89. The molecule has 7 heteroatoms. The topological polar surface area (TPSA) is 68.5 Å². The lowest BCUT2D eigenvalue weighted by atomic mass is 10.2. The first-order valence-corrected chi connectivity index (χ1v) is 6.53. The smallest absolute Gasteiger partial charge is 0.341 e. The van der Waals surface area contributed by atoms with E-state index in [9.17, 15) is 18.4 Å². The molecule has 1 aromatic heterocycles. The van der Waals surface area contributed by atoms with E-state index in [1.807, 2.05) is 0 Å². The fourth-order valence-corrected chi connectivity index (χ4v) is 1.82. The number of hydrogen-bond acceptors (Lipinski definition) is 4. The predicted octanol–water partition coefficient (Wildman–Crippen LogP) is 3.30. The zero-order chi connectivity index (χ0) is 17.0. The van der Waals surface area contributed by atoms with Crippen molar-refractivity contribution in [2.24, 2.45) is 0 Å². The third-order valence-corrected chi connectivity index (χ3v) is 2.93. The molecule has 0 saturated carbocycles. The molecule has 0 radical (unpaired) electrons. The number of ether oxygens (including phenoxy) is 1. The van der Waals surface area contributed by atoms with Gasteiger partial charge in [0.25, 0.3) is 0 Å². The van der Waals surface area contributed by atoms with E-state index in [1.165, 1.54) is 25.3 Å². The highest BCUT2D eigenvalue weighted by atomic mass is 19.2. The first kappa shape index (κ1) is 16.4. The summed E-state index contributed by atoms with van der Waals surface area (Å²) in [6.45, 7) is 1.59. The minimum absolute atomic E-state index is 0.115. The number of carbonyl (C=O) groups is 2. The first-order valence-electron chi connectivity index (χ1n) is 6.53. The summed E-state index contributed by atoms with van der Waals surface area (Å²) in [6, 6.07) is 4.44. The molecule has 1 amide bonds. The maximum atomic E-state index is 13.0. The second-order valence-electron chi connectivity index (χ2n) is 4.56. The highest BCUT2D eigenvalue weighted by Crippen LogP contribution is 2.17. The zero-order valence-corrected chi connectivity index (χ0v) is 12.4. The molecule has 1 N–H and O–H groups in total. The third-order valence-electron chi connectivity index (χ3n) is 2.93. The maximum absolute atomic E-state index is 13.0. The molecular formula is C16H13F2NO4. The number of nitrogens with one attached hydrogen (secondary N) is 1. The fraction of sp³-hybridized carbons (Fsp3) is 0.125. The van der Waals surface area contributed by atoms with Crippen molar-refractivity contribution in [3.63, 3.8) is 0 Å². The number of aryl methyl sites for hydroxylation is 1. The molecule has 0 fully saturated rings. The second-order valence-corrected chi connectivity index (χ2v) is 4.56. The van der Waals surface area contributed by atoms with E-state index in [4.69, 9.17) is 4.42 Å². The maximum Gasteiger partial charge on any atom is 0.341 e. The quantitative estimate of drug-likeness (QED) is 0.693. The second kappa shape index (κ2) is 6.87. The van der Waals surface area contributed by atoms with Gasteiger partial charge in [0.15, 0.2) is 11.6 Å². The van der Waals surface area contributed by atoms with Crippen molar-refractivity contribution >= 4 is 23.6 Å². The van der Waals surface area contributed by atoms with Gasteiger partial charge < -0.3 is 14.5 Å². The number of furan rings is 1. The van der Waals surface area contributed by atoms with Crippen molar-refractivity contribution in [2.75, 3.05) is 12.4 Å². The van der Waals surface area contributed by atoms with Gasteiger partial charge >= 0.3 is 5.97 Å². The molecular weight excluding hydrogens is 308 g/mol. The van der Waals surface area contributed by atoms with Gasteiger partial charge in [-0.3, -0.25) is 4.79 Å². The molecule has 0 atom stereocenters. The molecule has 1 heterocycles. The number of methoxy groups -OCH3 is 1. The molecule has 23 heavy (non-hydrogen) atoms. The monoisotopic (exact) mass is 321 g/mol. The Morgan fingerprint density at radius 1 is 1.22 bits per heavy atom. The molecule has 5 nitrogen and oxygen atoms in total. The number of anilines is 1. The zero-order valence-electron chi connectivity index (χ0n) is 12.4. The molecule has 1 aromatic carbocycles. The van der Waals surface area contributed by atoms with E-state index in [-0.39, 0.29) is 17.0 Å². The molecule has 0 aliphatic carbocycles. The lowest BCUT2D eigenvalue weighted by Crippen LogP contribution is -2.08. The number of carbonyl (C=O) groups excluding carboxylic acids is 2. The summed E-state index contributed by atoms with van der Waals surface area (Å²) < 4.78 is 35.7. The third kappa shape index (κ3) is 4.03. The van der Waals surface area contributed by atoms with Gasteiger partial charge in [-0.25, -0.2) is 13.6 Å². The molecule has 0 unspecified atom stereocenters. The van der Waals surface area contributed by atoms with Crippen LogP contribution in [-0.4, -0.2) is 19.0 Å². The van der Waals surface area contributed by atoms with Crippen molar-refractivity contribution in [1.82, 2.24) is 0 Å². The van der Waals surface area contributed by atoms with Crippen molar-refractivity contribution < 1.29 is 27.5 Å². The Hall–Kier alpha value is -2.96. The van der Waals surface area contributed by atoms with Crippen LogP contribution in [0.5, 0.6) is 0 Å². The Morgan fingerprint density at radius 2 is 1.96 bits per heavy atom. The van der Waals surface area contributed by atoms with E-state index in [1.54, 1.807) is 6.92 Å². The highest BCUT2D eigenvalue weighted by Gasteiger charge is 2.14. The molecule has 120 valence electrons. The Balaban J connectivity index is 2.06. The van der Waals surface area contributed by atoms with E-state index < -0.39 is 23.5 Å². The van der Waals surface area contributed by atoms with Crippen LogP contribution in [0.15, 0.2) is 34.8 Å². The van der Waals surface area contributed by atoms with Gasteiger partial charge in [-0.1, -0.05) is 0 Å². The van der Waals surface area contributed by atoms with Crippen molar-refractivity contribution in [2.45, 2.75) is 6.92 Å². The standard InChI is InChI=1S/C16H13F2NO4/c1-9-12(16(21)22-2)8-11(23-9)4-6-15(20)19-10-3-5-13(17)14(18)7-10/h3-8H,1-2H3,(H,19,20)/b6-4+. The van der Waals surface area contributed by atoms with E-state index in [0.29, 0.717) is 5.76 Å². The van der Waals surface area contributed by atoms with E-state index in [2.05, 4.69) is 10.1 Å². The van der Waals surface area contributed by atoms with Crippen LogP contribution in [0.4, 0.5) is 14.5 Å². The summed E-state index contributed by atoms with van der Waals surface area (Å²) in [5.74, 6) is -2.53. The molecule has 0 spiro atoms. The average molecular weight is 321 g/mol. The van der Waals surface area contributed by atoms with Gasteiger partial charge in [0.1, 0.15) is 17.1 Å². The van der Waals surface area contributed by atoms with E-state index in [0.717, 1.165) is 18.2 Å². The number of hydrogen-bond donors (Lipinski definition) is 1. The normalized spacial score (nSPS) is 10.8. The van der Waals surface area contributed by atoms with Crippen molar-refractivity contribution in [1.29, 1.82) is 0 Å². The van der Waals surface area contributed by atoms with Gasteiger partial charge in [0, 0.05) is 17.8 Å². The van der Waals surface area contributed by atoms with Crippen LogP contribution in [-0.2, 0) is 9.53 Å². The SMILES string of the molecule is COC(=O)c1cc(/C=C/C(=O)Nc2ccc(F)c(F)c2)oc1C. The summed E-state index contributed by atoms with van der Waals surface area (Å²) in [4.78, 5) is 23.2. The van der Waals surface area contributed by atoms with Gasteiger partial charge in [-0.15, -0.1) is 0 Å². The Kier molecular flexibility index (Phi) is 4.90. The van der Waals surface area contributed by atoms with Crippen LogP contribution >= 0.6 is 0 Å².